The van der Waals surface area contributed by atoms with Crippen LogP contribution in [0.1, 0.15) is 37.7 Å². The topological polar surface area (TPSA) is 125 Å². The Bertz CT molecular complexity index is 786. The van der Waals surface area contributed by atoms with Gasteiger partial charge in [0.15, 0.2) is 0 Å². The molecule has 27 heavy (non-hydrogen) atoms. The number of unbranched alkanes of at least 4 members (excludes halogenated alkanes) is 2. The minimum absolute atomic E-state index is 0.110. The summed E-state index contributed by atoms with van der Waals surface area (Å²) in [5.41, 5.74) is 0.186. The van der Waals surface area contributed by atoms with E-state index in [9.17, 15) is 24.5 Å². The summed E-state index contributed by atoms with van der Waals surface area (Å²) < 4.78 is 10.1. The number of nitrogens with one attached hydrogen (secondary N) is 1. The minimum Gasteiger partial charge on any atom is -0.494 e. The smallest absolute Gasteiger partial charge is 0.305 e. The van der Waals surface area contributed by atoms with Crippen LogP contribution in [-0.4, -0.2) is 36.4 Å². The van der Waals surface area contributed by atoms with Gasteiger partial charge in [-0.05, 0) is 37.5 Å². The number of nitrogens with zero attached hydrogens (tertiary/aromatic N) is 1. The number of hydrogen-bond acceptors (Lipinski definition) is 7. The molecule has 1 aliphatic rings. The Morgan fingerprint density at radius 3 is 2.70 bits per heavy atom. The minimum atomic E-state index is -0.558. The average molecular weight is 376 g/mol. The van der Waals surface area contributed by atoms with Crippen LogP contribution in [0.25, 0.3) is 6.08 Å². The van der Waals surface area contributed by atoms with Crippen LogP contribution >= 0.6 is 0 Å². The van der Waals surface area contributed by atoms with Crippen molar-refractivity contribution < 1.29 is 28.8 Å². The highest BCUT2D eigenvalue weighted by atomic mass is 16.6. The zero-order valence-electron chi connectivity index (χ0n) is 14.9. The van der Waals surface area contributed by atoms with Crippen molar-refractivity contribution in [3.05, 3.63) is 39.4 Å². The van der Waals surface area contributed by atoms with E-state index >= 15 is 0 Å². The van der Waals surface area contributed by atoms with Crippen LogP contribution < -0.4 is 10.1 Å². The van der Waals surface area contributed by atoms with Crippen molar-refractivity contribution in [1.82, 2.24) is 5.32 Å². The largest absolute Gasteiger partial charge is 0.494 e. The summed E-state index contributed by atoms with van der Waals surface area (Å²) in [5, 5.41) is 13.3. The van der Waals surface area contributed by atoms with Gasteiger partial charge >= 0.3 is 5.97 Å². The van der Waals surface area contributed by atoms with E-state index in [2.05, 4.69) is 10.1 Å². The first-order valence-corrected chi connectivity index (χ1v) is 8.43. The number of nitro benzene ring substituents is 1. The Labute approximate surface area is 155 Å². The number of carbonyl (C=O) groups is 3. The van der Waals surface area contributed by atoms with Crippen molar-refractivity contribution in [1.29, 1.82) is 0 Å². The van der Waals surface area contributed by atoms with Gasteiger partial charge in [-0.15, -0.1) is 0 Å². The molecule has 1 aromatic carbocycles. The molecular formula is C18H20N2O7. The molecule has 0 spiro atoms. The second-order valence-corrected chi connectivity index (χ2v) is 5.94. The number of carbonyl (C=O) groups excluding carboxylic acids is 3. The predicted molar refractivity (Wildman–Crippen MR) is 94.8 cm³/mol. The Kier molecular flexibility index (Phi) is 7.04. The quantitative estimate of drug-likeness (QED) is 0.175. The van der Waals surface area contributed by atoms with Crippen LogP contribution in [0.5, 0.6) is 5.75 Å². The van der Waals surface area contributed by atoms with E-state index in [0.717, 1.165) is 6.42 Å². The lowest BCUT2D eigenvalue weighted by Crippen LogP contribution is -2.19. The number of hydrogen-bond donors (Lipinski definition) is 1. The molecule has 1 heterocycles. The third-order valence-corrected chi connectivity index (χ3v) is 3.94. The van der Waals surface area contributed by atoms with Crippen molar-refractivity contribution in [2.24, 2.45) is 0 Å². The van der Waals surface area contributed by atoms with Gasteiger partial charge in [0.2, 0.25) is 5.91 Å². The summed E-state index contributed by atoms with van der Waals surface area (Å²) in [4.78, 5) is 44.6. The van der Waals surface area contributed by atoms with Gasteiger partial charge in [-0.1, -0.05) is 0 Å². The maximum absolute atomic E-state index is 11.7. The maximum Gasteiger partial charge on any atom is 0.305 e. The van der Waals surface area contributed by atoms with Crippen LogP contribution in [0.2, 0.25) is 0 Å². The van der Waals surface area contributed by atoms with Crippen LogP contribution in [0, 0.1) is 10.1 Å². The summed E-state index contributed by atoms with van der Waals surface area (Å²) in [6, 6.07) is 4.25. The molecule has 1 aliphatic heterocycles. The summed E-state index contributed by atoms with van der Waals surface area (Å²) in [6.07, 6.45) is 3.76. The number of amides is 2. The van der Waals surface area contributed by atoms with Crippen LogP contribution in [0.15, 0.2) is 23.8 Å². The van der Waals surface area contributed by atoms with E-state index in [-0.39, 0.29) is 29.2 Å². The molecule has 1 N–H and O–H groups in total. The van der Waals surface area contributed by atoms with Crippen LogP contribution in [0.4, 0.5) is 5.69 Å². The van der Waals surface area contributed by atoms with E-state index in [1.165, 1.54) is 31.4 Å². The fourth-order valence-corrected chi connectivity index (χ4v) is 2.55. The molecule has 1 aromatic rings. The lowest BCUT2D eigenvalue weighted by atomic mass is 10.1. The zero-order valence-corrected chi connectivity index (χ0v) is 14.9. The van der Waals surface area contributed by atoms with Crippen molar-refractivity contribution in [2.75, 3.05) is 13.7 Å². The first-order chi connectivity index (χ1) is 12.9. The number of esters is 1. The van der Waals surface area contributed by atoms with E-state index in [4.69, 9.17) is 4.74 Å². The Hall–Kier alpha value is -3.23. The molecule has 0 bridgehead atoms. The van der Waals surface area contributed by atoms with Crippen molar-refractivity contribution >= 4 is 29.5 Å². The third kappa shape index (κ3) is 5.91. The predicted octanol–water partition coefficient (Wildman–Crippen LogP) is 2.14. The first-order valence-electron chi connectivity index (χ1n) is 8.43. The molecule has 0 saturated carbocycles. The summed E-state index contributed by atoms with van der Waals surface area (Å²) in [6.45, 7) is 0.383. The Morgan fingerprint density at radius 2 is 2.07 bits per heavy atom. The second kappa shape index (κ2) is 9.46. The molecule has 0 unspecified atom stereocenters. The normalized spacial score (nSPS) is 14.9. The van der Waals surface area contributed by atoms with E-state index < -0.39 is 16.7 Å². The monoisotopic (exact) mass is 376 g/mol. The number of rotatable bonds is 9. The molecule has 2 amide bonds. The zero-order chi connectivity index (χ0) is 19.8. The molecule has 2 rings (SSSR count). The molecule has 1 fully saturated rings. The number of imide groups is 1. The fraction of sp³-hybridized carbons (Fsp3) is 0.389. The van der Waals surface area contributed by atoms with Crippen LogP contribution in [-0.2, 0) is 19.1 Å². The van der Waals surface area contributed by atoms with Gasteiger partial charge in [0.1, 0.15) is 5.75 Å². The third-order valence-electron chi connectivity index (χ3n) is 3.94. The van der Waals surface area contributed by atoms with Gasteiger partial charge in [0, 0.05) is 18.1 Å². The SMILES string of the molecule is COC(=O)CCCCCOc1ccc([N+](=O)[O-])c(C=C2CC(=O)NC2=O)c1. The molecule has 9 heteroatoms. The highest BCUT2D eigenvalue weighted by molar-refractivity contribution is 6.15. The van der Waals surface area contributed by atoms with Crippen molar-refractivity contribution in [3.8, 4) is 5.75 Å². The number of nitro groups is 1. The van der Waals surface area contributed by atoms with Gasteiger partial charge in [-0.2, -0.15) is 0 Å². The van der Waals surface area contributed by atoms with Gasteiger partial charge in [0.25, 0.3) is 11.6 Å². The summed E-state index contributed by atoms with van der Waals surface area (Å²) in [5.74, 6) is -0.817. The lowest BCUT2D eigenvalue weighted by molar-refractivity contribution is -0.385. The summed E-state index contributed by atoms with van der Waals surface area (Å²) >= 11 is 0. The fourth-order valence-electron chi connectivity index (χ4n) is 2.55. The average Bonchev–Trinajstić information content (AvgIpc) is 2.94. The van der Waals surface area contributed by atoms with E-state index in [1.54, 1.807) is 0 Å². The van der Waals surface area contributed by atoms with Gasteiger partial charge in [-0.25, -0.2) is 0 Å². The standard InChI is InChI=1S/C18H20N2O7/c1-26-17(22)5-3-2-4-8-27-14-6-7-15(20(24)25)12(10-14)9-13-11-16(21)19-18(13)23/h6-7,9-10H,2-5,8,11H2,1H3,(H,19,21,23). The number of methoxy groups -OCH3 is 1. The molecule has 1 saturated heterocycles. The molecular weight excluding hydrogens is 356 g/mol. The van der Waals surface area contributed by atoms with Crippen molar-refractivity contribution in [3.63, 3.8) is 0 Å². The lowest BCUT2D eigenvalue weighted by Gasteiger charge is -2.07. The molecule has 9 nitrogen and oxygen atoms in total. The molecule has 0 atom stereocenters. The van der Waals surface area contributed by atoms with Crippen molar-refractivity contribution in [2.45, 2.75) is 32.1 Å². The number of benzene rings is 1. The molecule has 0 radical (unpaired) electrons. The number of ether oxygens (including phenoxy) is 2. The van der Waals surface area contributed by atoms with Gasteiger partial charge < -0.3 is 9.47 Å². The Morgan fingerprint density at radius 1 is 1.30 bits per heavy atom. The molecule has 144 valence electrons. The maximum atomic E-state index is 11.7. The summed E-state index contributed by atoms with van der Waals surface area (Å²) in [7, 11) is 1.35. The highest BCUT2D eigenvalue weighted by Crippen LogP contribution is 2.28. The van der Waals surface area contributed by atoms with E-state index in [0.29, 0.717) is 31.6 Å². The van der Waals surface area contributed by atoms with Gasteiger partial charge in [0.05, 0.1) is 30.6 Å². The van der Waals surface area contributed by atoms with Gasteiger partial charge in [-0.3, -0.25) is 29.8 Å². The molecule has 0 aliphatic carbocycles. The van der Waals surface area contributed by atoms with E-state index in [1.807, 2.05) is 0 Å². The molecule has 0 aromatic heterocycles. The highest BCUT2D eigenvalue weighted by Gasteiger charge is 2.25. The Balaban J connectivity index is 1.99. The second-order valence-electron chi connectivity index (χ2n) is 5.94. The first kappa shape index (κ1) is 20.1. The van der Waals surface area contributed by atoms with Crippen LogP contribution in [0.3, 0.4) is 0 Å².